The molecule has 0 fully saturated rings. The minimum Gasteiger partial charge on any atom is -0.446 e. The number of rotatable bonds is 6. The lowest BCUT2D eigenvalue weighted by Crippen LogP contribution is -2.25. The highest BCUT2D eigenvalue weighted by atomic mass is 35.5. The van der Waals surface area contributed by atoms with E-state index in [1.165, 1.54) is 13.0 Å². The fraction of sp³-hybridized carbons (Fsp3) is 0.154. The number of nitro benzene ring substituents is 1. The van der Waals surface area contributed by atoms with Crippen LogP contribution in [-0.4, -0.2) is 33.6 Å². The van der Waals surface area contributed by atoms with Crippen LogP contribution in [0.5, 0.6) is 5.75 Å². The van der Waals surface area contributed by atoms with Gasteiger partial charge in [0.25, 0.3) is 5.91 Å². The minimum atomic E-state index is -1.08. The lowest BCUT2D eigenvalue weighted by Gasteiger charge is -2.20. The first-order valence-electron chi connectivity index (χ1n) is 11.2. The van der Waals surface area contributed by atoms with Gasteiger partial charge in [0.2, 0.25) is 23.8 Å². The van der Waals surface area contributed by atoms with Gasteiger partial charge in [0.05, 0.1) is 10.5 Å². The lowest BCUT2D eigenvalue weighted by molar-refractivity contribution is -0.385. The Balaban J connectivity index is 1.69. The van der Waals surface area contributed by atoms with Crippen LogP contribution in [0, 0.1) is 17.0 Å². The van der Waals surface area contributed by atoms with Crippen LogP contribution in [0.3, 0.4) is 0 Å². The van der Waals surface area contributed by atoms with E-state index in [2.05, 4.69) is 10.4 Å². The number of halogens is 1. The number of nitrogens with one attached hydrogen (secondary N) is 1. The summed E-state index contributed by atoms with van der Waals surface area (Å²) in [6.07, 6.45) is -1.08. The lowest BCUT2D eigenvalue weighted by atomic mass is 10.1. The molecule has 4 rings (SSSR count). The average molecular weight is 537 g/mol. The van der Waals surface area contributed by atoms with Gasteiger partial charge in [-0.15, -0.1) is 5.10 Å². The van der Waals surface area contributed by atoms with E-state index in [0.29, 0.717) is 16.8 Å². The second-order valence-corrected chi connectivity index (χ2v) is 8.72. The van der Waals surface area contributed by atoms with Gasteiger partial charge in [-0.05, 0) is 36.8 Å². The largest absolute Gasteiger partial charge is 0.446 e. The van der Waals surface area contributed by atoms with Crippen molar-refractivity contribution >= 4 is 46.7 Å². The van der Waals surface area contributed by atoms with Crippen molar-refractivity contribution < 1.29 is 28.8 Å². The maximum absolute atomic E-state index is 12.8. The number of nitrogens with zero attached hydrogens (tertiary/aromatic N) is 3. The van der Waals surface area contributed by atoms with Gasteiger partial charge in [-0.3, -0.25) is 24.5 Å². The Morgan fingerprint density at radius 2 is 1.84 bits per heavy atom. The first kappa shape index (κ1) is 26.3. The van der Waals surface area contributed by atoms with Gasteiger partial charge in [0, 0.05) is 41.8 Å². The van der Waals surface area contributed by atoms with Gasteiger partial charge in [-0.1, -0.05) is 41.9 Å². The number of carbonyl (C=O) groups excluding carboxylic acids is 3. The molecule has 0 bridgehead atoms. The van der Waals surface area contributed by atoms with E-state index in [0.717, 1.165) is 23.6 Å². The SMILES string of the molecule is CC(=O)Oc1c(C2=NN(C(C)=O)C(c3cccc(NC(=O)c4ccccc4C)c3)O2)cc(Cl)cc1[N+](=O)[O-]. The molecule has 0 aliphatic carbocycles. The highest BCUT2D eigenvalue weighted by molar-refractivity contribution is 6.31. The zero-order valence-electron chi connectivity index (χ0n) is 20.4. The Hall–Kier alpha value is -4.77. The molecule has 1 atom stereocenters. The maximum Gasteiger partial charge on any atom is 0.314 e. The molecular weight excluding hydrogens is 516 g/mol. The third-order valence-electron chi connectivity index (χ3n) is 5.49. The van der Waals surface area contributed by atoms with Crippen molar-refractivity contribution in [3.63, 3.8) is 0 Å². The van der Waals surface area contributed by atoms with Crippen LogP contribution in [0.25, 0.3) is 0 Å². The Morgan fingerprint density at radius 3 is 2.50 bits per heavy atom. The number of anilines is 1. The summed E-state index contributed by atoms with van der Waals surface area (Å²) < 4.78 is 11.1. The predicted octanol–water partition coefficient (Wildman–Crippen LogP) is 4.97. The summed E-state index contributed by atoms with van der Waals surface area (Å²) in [5, 5.41) is 19.6. The molecule has 0 saturated heterocycles. The third-order valence-corrected chi connectivity index (χ3v) is 5.71. The average Bonchev–Trinajstić information content (AvgIpc) is 3.31. The number of aryl methyl sites for hydroxylation is 1. The molecule has 0 saturated carbocycles. The van der Waals surface area contributed by atoms with Crippen LogP contribution in [0.4, 0.5) is 11.4 Å². The molecule has 2 amide bonds. The summed E-state index contributed by atoms with van der Waals surface area (Å²) in [4.78, 5) is 47.8. The number of ether oxygens (including phenoxy) is 2. The molecule has 194 valence electrons. The number of hydrazone groups is 1. The van der Waals surface area contributed by atoms with Gasteiger partial charge in [0.1, 0.15) is 0 Å². The van der Waals surface area contributed by atoms with Gasteiger partial charge in [0.15, 0.2) is 0 Å². The zero-order valence-corrected chi connectivity index (χ0v) is 21.2. The van der Waals surface area contributed by atoms with Crippen molar-refractivity contribution in [1.82, 2.24) is 5.01 Å². The van der Waals surface area contributed by atoms with Crippen molar-refractivity contribution in [2.24, 2.45) is 5.10 Å². The quantitative estimate of drug-likeness (QED) is 0.203. The molecule has 38 heavy (non-hydrogen) atoms. The Morgan fingerprint density at radius 1 is 1.11 bits per heavy atom. The summed E-state index contributed by atoms with van der Waals surface area (Å²) in [6.45, 7) is 4.17. The molecule has 1 unspecified atom stereocenters. The molecular formula is C26H21ClN4O7. The van der Waals surface area contributed by atoms with Crippen LogP contribution < -0.4 is 10.1 Å². The van der Waals surface area contributed by atoms with Crippen LogP contribution in [0.1, 0.15) is 47.1 Å². The molecule has 12 heteroatoms. The van der Waals surface area contributed by atoms with Crippen molar-refractivity contribution in [3.05, 3.63) is 98.1 Å². The van der Waals surface area contributed by atoms with E-state index in [1.54, 1.807) is 36.4 Å². The van der Waals surface area contributed by atoms with Gasteiger partial charge < -0.3 is 14.8 Å². The molecule has 0 aromatic heterocycles. The molecule has 11 nitrogen and oxygen atoms in total. The van der Waals surface area contributed by atoms with Crippen molar-refractivity contribution in [2.75, 3.05) is 5.32 Å². The summed E-state index contributed by atoms with van der Waals surface area (Å²) in [7, 11) is 0. The Bertz CT molecular complexity index is 1500. The zero-order chi connectivity index (χ0) is 27.6. The molecule has 1 N–H and O–H groups in total. The molecule has 1 aliphatic heterocycles. The second kappa shape index (κ2) is 10.7. The van der Waals surface area contributed by atoms with Crippen LogP contribution in [0.15, 0.2) is 65.8 Å². The molecule has 3 aromatic rings. The minimum absolute atomic E-state index is 0.0346. The summed E-state index contributed by atoms with van der Waals surface area (Å²) >= 11 is 6.09. The number of hydrogen-bond donors (Lipinski definition) is 1. The van der Waals surface area contributed by atoms with Crippen molar-refractivity contribution in [3.8, 4) is 5.75 Å². The predicted molar refractivity (Wildman–Crippen MR) is 138 cm³/mol. The standard InChI is InChI=1S/C26H21ClN4O7/c1-14-7-4-5-10-20(14)24(34)28-19-9-6-8-17(11-19)26-30(15(2)32)29-25(38-26)21-12-18(27)13-22(31(35)36)23(21)37-16(3)33/h4-13,26H,1-3H3,(H,28,34). The fourth-order valence-corrected chi connectivity index (χ4v) is 4.02. The summed E-state index contributed by atoms with van der Waals surface area (Å²) in [6, 6.07) is 16.1. The number of amides is 2. The van der Waals surface area contributed by atoms with E-state index in [1.807, 2.05) is 19.1 Å². The number of esters is 1. The molecule has 0 radical (unpaired) electrons. The molecule has 1 heterocycles. The Labute approximate surface area is 221 Å². The van der Waals surface area contributed by atoms with E-state index < -0.39 is 34.5 Å². The number of carbonyl (C=O) groups is 3. The maximum atomic E-state index is 12.8. The first-order chi connectivity index (χ1) is 18.0. The normalized spacial score (nSPS) is 14.4. The molecule has 1 aliphatic rings. The smallest absolute Gasteiger partial charge is 0.314 e. The number of hydrogen-bond acceptors (Lipinski definition) is 8. The highest BCUT2D eigenvalue weighted by Gasteiger charge is 2.36. The topological polar surface area (TPSA) is 140 Å². The molecule has 0 spiro atoms. The van der Waals surface area contributed by atoms with Crippen LogP contribution >= 0.6 is 11.6 Å². The highest BCUT2D eigenvalue weighted by Crippen LogP contribution is 2.39. The molecule has 3 aromatic carbocycles. The van der Waals surface area contributed by atoms with E-state index in [9.17, 15) is 24.5 Å². The van der Waals surface area contributed by atoms with E-state index >= 15 is 0 Å². The third kappa shape index (κ3) is 5.47. The first-order valence-corrected chi connectivity index (χ1v) is 11.6. The monoisotopic (exact) mass is 536 g/mol. The van der Waals surface area contributed by atoms with Gasteiger partial charge >= 0.3 is 11.7 Å². The van der Waals surface area contributed by atoms with Crippen LogP contribution in [-0.2, 0) is 14.3 Å². The fourth-order valence-electron chi connectivity index (χ4n) is 3.81. The van der Waals surface area contributed by atoms with Gasteiger partial charge in [-0.2, -0.15) is 5.01 Å². The summed E-state index contributed by atoms with van der Waals surface area (Å²) in [5.74, 6) is -2.27. The second-order valence-electron chi connectivity index (χ2n) is 8.29. The summed E-state index contributed by atoms with van der Waals surface area (Å²) in [5.41, 5.74) is 1.54. The number of benzene rings is 3. The van der Waals surface area contributed by atoms with Gasteiger partial charge in [-0.25, -0.2) is 0 Å². The van der Waals surface area contributed by atoms with Crippen molar-refractivity contribution in [1.29, 1.82) is 0 Å². The number of nitro groups is 1. The Kier molecular flexibility index (Phi) is 7.40. The van der Waals surface area contributed by atoms with Crippen molar-refractivity contribution in [2.45, 2.75) is 27.0 Å². The van der Waals surface area contributed by atoms with Crippen LogP contribution in [0.2, 0.25) is 5.02 Å². The van der Waals surface area contributed by atoms with E-state index in [4.69, 9.17) is 21.1 Å². The van der Waals surface area contributed by atoms with E-state index in [-0.39, 0.29) is 22.4 Å².